The van der Waals surface area contributed by atoms with E-state index in [-0.39, 0.29) is 35.0 Å². The number of hydrogen-bond acceptors (Lipinski definition) is 4. The zero-order valence-corrected chi connectivity index (χ0v) is 23.4. The lowest BCUT2D eigenvalue weighted by Gasteiger charge is -2.26. The predicted molar refractivity (Wildman–Crippen MR) is 153 cm³/mol. The van der Waals surface area contributed by atoms with Crippen LogP contribution in [0.4, 0.5) is 4.39 Å². The van der Waals surface area contributed by atoms with Gasteiger partial charge in [0.25, 0.3) is 5.91 Å². The fourth-order valence-electron chi connectivity index (χ4n) is 4.60. The Bertz CT molecular complexity index is 1360. The Morgan fingerprint density at radius 1 is 1.21 bits per heavy atom. The van der Waals surface area contributed by atoms with E-state index in [1.807, 2.05) is 25.1 Å². The zero-order valence-electron chi connectivity index (χ0n) is 23.4. The summed E-state index contributed by atoms with van der Waals surface area (Å²) >= 11 is 0. The standard InChI is InChI=1S/C32H38FN3O3/c1-19(2)30(33)23(6)36(7)29(16-21(4)22(5)34-18-24-10-8-9-20(3)15-24)31(37)35-28-14-12-25-17-26(32(38)39)11-13-27(25)28/h8-11,13,15-17,19,28,34H,4-5,12,14,18H2,1-3,6-7H3,(H,35,37)(H,38,39)/b29-16-,30-23+. The Morgan fingerprint density at radius 2 is 1.92 bits per heavy atom. The topological polar surface area (TPSA) is 81.7 Å². The molecule has 39 heavy (non-hydrogen) atoms. The fraction of sp³-hybridized carbons (Fsp3) is 0.312. The quantitative estimate of drug-likeness (QED) is 0.233. The number of hydrogen-bond donors (Lipinski definition) is 3. The Balaban J connectivity index is 1.85. The van der Waals surface area contributed by atoms with E-state index in [1.54, 1.807) is 52.1 Å². The van der Waals surface area contributed by atoms with Gasteiger partial charge in [0.1, 0.15) is 11.5 Å². The van der Waals surface area contributed by atoms with Gasteiger partial charge in [0.05, 0.1) is 11.6 Å². The molecule has 3 rings (SSSR count). The molecule has 3 N–H and O–H groups in total. The third-order valence-electron chi connectivity index (χ3n) is 7.01. The maximum absolute atomic E-state index is 14.9. The van der Waals surface area contributed by atoms with Crippen LogP contribution < -0.4 is 10.6 Å². The number of carboxylic acids is 1. The number of fused-ring (bicyclic) bond motifs is 1. The number of carbonyl (C=O) groups excluding carboxylic acids is 1. The average Bonchev–Trinajstić information content (AvgIpc) is 3.30. The maximum atomic E-state index is 14.9. The molecule has 206 valence electrons. The van der Waals surface area contributed by atoms with E-state index in [9.17, 15) is 19.1 Å². The van der Waals surface area contributed by atoms with Crippen LogP contribution in [-0.4, -0.2) is 28.9 Å². The largest absolute Gasteiger partial charge is 0.478 e. The van der Waals surface area contributed by atoms with Crippen LogP contribution in [0.15, 0.2) is 90.2 Å². The highest BCUT2D eigenvalue weighted by molar-refractivity contribution is 5.94. The summed E-state index contributed by atoms with van der Waals surface area (Å²) in [5.74, 6) is -2.02. The second-order valence-electron chi connectivity index (χ2n) is 10.3. The minimum absolute atomic E-state index is 0.221. The second-order valence-corrected chi connectivity index (χ2v) is 10.3. The minimum Gasteiger partial charge on any atom is -0.478 e. The molecule has 0 aliphatic heterocycles. The van der Waals surface area contributed by atoms with Crippen LogP contribution in [0.1, 0.15) is 65.8 Å². The van der Waals surface area contributed by atoms with Crippen LogP contribution in [0.25, 0.3) is 0 Å². The molecule has 1 unspecified atom stereocenters. The van der Waals surface area contributed by atoms with Crippen LogP contribution >= 0.6 is 0 Å². The highest BCUT2D eigenvalue weighted by Crippen LogP contribution is 2.32. The lowest BCUT2D eigenvalue weighted by atomic mass is 10.0. The van der Waals surface area contributed by atoms with Gasteiger partial charge in [-0.15, -0.1) is 0 Å². The lowest BCUT2D eigenvalue weighted by Crippen LogP contribution is -2.35. The molecular weight excluding hydrogens is 493 g/mol. The van der Waals surface area contributed by atoms with Crippen LogP contribution in [0.5, 0.6) is 0 Å². The number of nitrogens with one attached hydrogen (secondary N) is 2. The number of aryl methyl sites for hydroxylation is 2. The summed E-state index contributed by atoms with van der Waals surface area (Å²) in [6, 6.07) is 12.8. The number of rotatable bonds is 11. The van der Waals surface area contributed by atoms with Gasteiger partial charge in [0.2, 0.25) is 0 Å². The van der Waals surface area contributed by atoms with Gasteiger partial charge in [0, 0.05) is 30.9 Å². The molecule has 1 aliphatic carbocycles. The number of amides is 1. The molecule has 2 aromatic carbocycles. The SMILES string of the molecule is C=C(/C=C(/C(=O)NC1CCc2cc(C(=O)O)ccc21)N(C)/C(C)=C(/F)C(C)C)C(=C)NCc1cccc(C)c1. The Morgan fingerprint density at radius 3 is 2.56 bits per heavy atom. The highest BCUT2D eigenvalue weighted by Gasteiger charge is 2.28. The summed E-state index contributed by atoms with van der Waals surface area (Å²) in [6.07, 6.45) is 2.91. The van der Waals surface area contributed by atoms with Crippen molar-refractivity contribution >= 4 is 11.9 Å². The molecule has 1 aliphatic rings. The second kappa shape index (κ2) is 12.6. The number of carbonyl (C=O) groups is 2. The molecule has 0 aromatic heterocycles. The number of likely N-dealkylation sites (N-methyl/N-ethyl adjacent to an activating group) is 1. The minimum atomic E-state index is -0.985. The first kappa shape index (κ1) is 29.4. The average molecular weight is 532 g/mol. The molecule has 0 heterocycles. The Kier molecular flexibility index (Phi) is 9.51. The monoisotopic (exact) mass is 531 g/mol. The van der Waals surface area contributed by atoms with Crippen molar-refractivity contribution in [3.63, 3.8) is 0 Å². The van der Waals surface area contributed by atoms with E-state index >= 15 is 0 Å². The fourth-order valence-corrected chi connectivity index (χ4v) is 4.60. The third-order valence-corrected chi connectivity index (χ3v) is 7.01. The van der Waals surface area contributed by atoms with E-state index in [0.717, 1.165) is 22.3 Å². The number of allylic oxidation sites excluding steroid dienone is 3. The van der Waals surface area contributed by atoms with E-state index in [0.29, 0.717) is 36.4 Å². The summed E-state index contributed by atoms with van der Waals surface area (Å²) in [5, 5.41) is 15.6. The first-order valence-corrected chi connectivity index (χ1v) is 13.0. The molecule has 1 atom stereocenters. The number of nitrogens with zero attached hydrogens (tertiary/aromatic N) is 1. The molecule has 6 nitrogen and oxygen atoms in total. The van der Waals surface area contributed by atoms with Gasteiger partial charge < -0.3 is 20.6 Å². The van der Waals surface area contributed by atoms with Crippen LogP contribution in [0, 0.1) is 12.8 Å². The molecule has 1 amide bonds. The summed E-state index contributed by atoms with van der Waals surface area (Å²) in [4.78, 5) is 26.5. The summed E-state index contributed by atoms with van der Waals surface area (Å²) in [6.45, 7) is 15.9. The van der Waals surface area contributed by atoms with Gasteiger partial charge >= 0.3 is 5.97 Å². The van der Waals surface area contributed by atoms with Gasteiger partial charge in [0.15, 0.2) is 0 Å². The number of halogens is 1. The summed E-state index contributed by atoms with van der Waals surface area (Å²) in [5.41, 5.74) is 5.85. The van der Waals surface area contributed by atoms with Gasteiger partial charge in [-0.2, -0.15) is 0 Å². The van der Waals surface area contributed by atoms with Crippen molar-refractivity contribution in [2.24, 2.45) is 5.92 Å². The molecular formula is C32H38FN3O3. The molecule has 0 saturated carbocycles. The van der Waals surface area contributed by atoms with E-state index in [4.69, 9.17) is 0 Å². The van der Waals surface area contributed by atoms with Crippen molar-refractivity contribution in [1.29, 1.82) is 0 Å². The van der Waals surface area contributed by atoms with Crippen LogP contribution in [-0.2, 0) is 17.8 Å². The molecule has 0 bridgehead atoms. The molecule has 0 spiro atoms. The van der Waals surface area contributed by atoms with Crippen molar-refractivity contribution in [3.8, 4) is 0 Å². The van der Waals surface area contributed by atoms with Crippen LogP contribution in [0.2, 0.25) is 0 Å². The van der Waals surface area contributed by atoms with E-state index in [2.05, 4.69) is 29.9 Å². The van der Waals surface area contributed by atoms with Crippen molar-refractivity contribution < 1.29 is 19.1 Å². The van der Waals surface area contributed by atoms with Crippen molar-refractivity contribution in [2.45, 2.75) is 53.1 Å². The van der Waals surface area contributed by atoms with Crippen molar-refractivity contribution in [1.82, 2.24) is 15.5 Å². The van der Waals surface area contributed by atoms with Crippen LogP contribution in [0.3, 0.4) is 0 Å². The zero-order chi connectivity index (χ0) is 28.9. The first-order valence-electron chi connectivity index (χ1n) is 13.0. The highest BCUT2D eigenvalue weighted by atomic mass is 19.1. The van der Waals surface area contributed by atoms with E-state index in [1.165, 1.54) is 4.90 Å². The van der Waals surface area contributed by atoms with Gasteiger partial charge in [-0.25, -0.2) is 9.18 Å². The first-order chi connectivity index (χ1) is 18.4. The molecule has 2 aromatic rings. The maximum Gasteiger partial charge on any atom is 0.335 e. The smallest absolute Gasteiger partial charge is 0.335 e. The third kappa shape index (κ3) is 7.25. The number of carboxylic acid groups (broad SMARTS) is 1. The lowest BCUT2D eigenvalue weighted by molar-refractivity contribution is -0.119. The normalized spacial score (nSPS) is 15.4. The van der Waals surface area contributed by atoms with E-state index < -0.39 is 5.97 Å². The van der Waals surface area contributed by atoms with Crippen molar-refractivity contribution in [2.75, 3.05) is 7.05 Å². The van der Waals surface area contributed by atoms with Crippen molar-refractivity contribution in [3.05, 3.63) is 118 Å². The Hall–Kier alpha value is -4.13. The van der Waals surface area contributed by atoms with Gasteiger partial charge in [-0.1, -0.05) is 62.9 Å². The molecule has 7 heteroatoms. The summed E-state index contributed by atoms with van der Waals surface area (Å²) < 4.78 is 14.9. The molecule has 0 radical (unpaired) electrons. The summed E-state index contributed by atoms with van der Waals surface area (Å²) in [7, 11) is 1.65. The predicted octanol–water partition coefficient (Wildman–Crippen LogP) is 6.33. The molecule has 0 fully saturated rings. The van der Waals surface area contributed by atoms with Gasteiger partial charge in [-0.05, 0) is 67.2 Å². The Labute approximate surface area is 230 Å². The number of benzene rings is 2. The number of aromatic carboxylic acids is 1. The molecule has 0 saturated heterocycles. The van der Waals surface area contributed by atoms with Gasteiger partial charge in [-0.3, -0.25) is 4.79 Å².